The normalized spacial score (nSPS) is 51.0. The standard InChI is InChI=1S/C22H33N2O3/c1-13-22(2)12-24-9-8-15-14-6-4-5-7-18(14)23-20(15)19(24)10-17(22)16(11-27-13)21(25)26-3/h11,13-15,17-20H,4-10,12H2,1-3H3/q-1/p+1. The van der Waals surface area contributed by atoms with Crippen LogP contribution in [0.2, 0.25) is 0 Å². The number of methoxy groups -OCH3 is 1. The number of esters is 1. The first-order valence-corrected chi connectivity index (χ1v) is 11.0. The molecule has 5 nitrogen and oxygen atoms in total. The maximum atomic E-state index is 12.5. The summed E-state index contributed by atoms with van der Waals surface area (Å²) in [4.78, 5) is 14.2. The molecule has 1 saturated carbocycles. The van der Waals surface area contributed by atoms with E-state index in [1.807, 2.05) is 0 Å². The summed E-state index contributed by atoms with van der Waals surface area (Å²) in [5.41, 5.74) is 0.733. The van der Waals surface area contributed by atoms with Gasteiger partial charge in [0, 0.05) is 12.3 Å². The van der Waals surface area contributed by atoms with Gasteiger partial charge in [-0.25, -0.2) is 4.79 Å². The molecule has 0 aromatic heterocycles. The first-order valence-electron chi connectivity index (χ1n) is 11.0. The van der Waals surface area contributed by atoms with Gasteiger partial charge in [-0.2, -0.15) is 0 Å². The van der Waals surface area contributed by atoms with E-state index >= 15 is 0 Å². The Balaban J connectivity index is 1.44. The zero-order chi connectivity index (χ0) is 18.8. The lowest BCUT2D eigenvalue weighted by Crippen LogP contribution is -3.21. The van der Waals surface area contributed by atoms with Crippen molar-refractivity contribution in [1.29, 1.82) is 0 Å². The summed E-state index contributed by atoms with van der Waals surface area (Å²) in [6.45, 7) is 6.82. The van der Waals surface area contributed by atoms with Gasteiger partial charge in [0.15, 0.2) is 0 Å². The molecule has 1 N–H and O–H groups in total. The second-order valence-corrected chi connectivity index (χ2v) is 9.94. The number of piperidine rings is 2. The molecule has 0 bridgehead atoms. The molecular formula is C22H34N2O3. The van der Waals surface area contributed by atoms with Gasteiger partial charge in [0.05, 0.1) is 43.5 Å². The van der Waals surface area contributed by atoms with Gasteiger partial charge in [-0.15, -0.1) is 6.04 Å². The van der Waals surface area contributed by atoms with Gasteiger partial charge in [0.25, 0.3) is 0 Å². The third-order valence-corrected chi connectivity index (χ3v) is 8.89. The predicted molar refractivity (Wildman–Crippen MR) is 102 cm³/mol. The molecule has 4 aliphatic heterocycles. The van der Waals surface area contributed by atoms with Crippen LogP contribution in [-0.2, 0) is 14.3 Å². The molecular weight excluding hydrogens is 340 g/mol. The fourth-order valence-electron chi connectivity index (χ4n) is 7.27. The van der Waals surface area contributed by atoms with Gasteiger partial charge in [0.2, 0.25) is 0 Å². The summed E-state index contributed by atoms with van der Waals surface area (Å²) < 4.78 is 11.0. The highest BCUT2D eigenvalue weighted by atomic mass is 16.5. The second kappa shape index (κ2) is 6.48. The van der Waals surface area contributed by atoms with E-state index < -0.39 is 0 Å². The summed E-state index contributed by atoms with van der Waals surface area (Å²) in [7, 11) is 1.48. The van der Waals surface area contributed by atoms with Crippen molar-refractivity contribution in [3.8, 4) is 0 Å². The predicted octanol–water partition coefficient (Wildman–Crippen LogP) is 2.08. The molecule has 0 amide bonds. The lowest BCUT2D eigenvalue weighted by Gasteiger charge is -2.57. The van der Waals surface area contributed by atoms with E-state index in [0.717, 1.165) is 30.4 Å². The Hall–Kier alpha value is -1.07. The highest BCUT2D eigenvalue weighted by Crippen LogP contribution is 2.52. The van der Waals surface area contributed by atoms with E-state index in [0.29, 0.717) is 18.1 Å². The highest BCUT2D eigenvalue weighted by molar-refractivity contribution is 5.89. The molecule has 27 heavy (non-hydrogen) atoms. The van der Waals surface area contributed by atoms with Crippen molar-refractivity contribution in [3.63, 3.8) is 0 Å². The molecule has 4 fully saturated rings. The Morgan fingerprint density at radius 2 is 2.11 bits per heavy atom. The summed E-state index contributed by atoms with van der Waals surface area (Å²) >= 11 is 0. The van der Waals surface area contributed by atoms with Crippen molar-refractivity contribution in [1.82, 2.24) is 0 Å². The number of quaternary nitrogens is 1. The number of nitrogens with zero attached hydrogens (tertiary/aromatic N) is 1. The fraction of sp³-hybridized carbons (Fsp3) is 0.864. The molecule has 5 heteroatoms. The molecule has 5 aliphatic rings. The number of carbonyl (C=O) groups is 1. The quantitative estimate of drug-likeness (QED) is 0.715. The molecule has 4 heterocycles. The molecule has 9 unspecified atom stereocenters. The van der Waals surface area contributed by atoms with Crippen molar-refractivity contribution in [2.24, 2.45) is 23.2 Å². The minimum atomic E-state index is -0.217. The minimum absolute atomic E-state index is 0.0116. The Kier molecular flexibility index (Phi) is 4.32. The van der Waals surface area contributed by atoms with Gasteiger partial charge in [-0.1, -0.05) is 44.6 Å². The van der Waals surface area contributed by atoms with Crippen LogP contribution in [0.5, 0.6) is 0 Å². The van der Waals surface area contributed by atoms with Gasteiger partial charge in [0.1, 0.15) is 6.10 Å². The average Bonchev–Trinajstić information content (AvgIpc) is 3.06. The number of hydrogen-bond acceptors (Lipinski definition) is 3. The lowest BCUT2D eigenvalue weighted by atomic mass is 9.61. The maximum Gasteiger partial charge on any atom is 0.337 e. The van der Waals surface area contributed by atoms with Crippen LogP contribution >= 0.6 is 0 Å². The topological polar surface area (TPSA) is 54.1 Å². The van der Waals surface area contributed by atoms with Gasteiger partial charge in [-0.05, 0) is 19.3 Å². The largest absolute Gasteiger partial charge is 0.651 e. The number of ether oxygens (including phenoxy) is 2. The average molecular weight is 375 g/mol. The van der Waals surface area contributed by atoms with Gasteiger partial charge < -0.3 is 19.7 Å². The molecule has 1 aliphatic carbocycles. The van der Waals surface area contributed by atoms with Crippen LogP contribution in [0, 0.1) is 23.2 Å². The Labute approximate surface area is 162 Å². The molecule has 0 aromatic rings. The number of rotatable bonds is 1. The summed E-state index contributed by atoms with van der Waals surface area (Å²) in [6, 6.07) is 1.68. The van der Waals surface area contributed by atoms with E-state index in [-0.39, 0.29) is 23.4 Å². The molecule has 5 rings (SSSR count). The smallest absolute Gasteiger partial charge is 0.337 e. The Morgan fingerprint density at radius 3 is 2.93 bits per heavy atom. The Morgan fingerprint density at radius 1 is 1.30 bits per heavy atom. The SMILES string of the molecule is COC(=O)C1=COC(C)C2(C)C[NH+]3CCC4C5CCCCC5[N-]C4C3CC12. The molecule has 0 spiro atoms. The third kappa shape index (κ3) is 2.61. The van der Waals surface area contributed by atoms with Crippen molar-refractivity contribution in [3.05, 3.63) is 17.2 Å². The fourth-order valence-corrected chi connectivity index (χ4v) is 7.27. The molecule has 0 aromatic carbocycles. The van der Waals surface area contributed by atoms with E-state index in [1.54, 1.807) is 11.2 Å². The minimum Gasteiger partial charge on any atom is -0.651 e. The van der Waals surface area contributed by atoms with Crippen molar-refractivity contribution in [2.45, 2.75) is 76.6 Å². The summed E-state index contributed by atoms with van der Waals surface area (Å²) in [5, 5.41) is 5.40. The number of nitrogens with one attached hydrogen (secondary N) is 1. The maximum absolute atomic E-state index is 12.5. The van der Waals surface area contributed by atoms with Crippen LogP contribution in [-0.4, -0.2) is 50.4 Å². The van der Waals surface area contributed by atoms with Crippen molar-refractivity contribution >= 4 is 5.97 Å². The van der Waals surface area contributed by atoms with E-state index in [2.05, 4.69) is 13.8 Å². The molecule has 9 atom stereocenters. The lowest BCUT2D eigenvalue weighted by molar-refractivity contribution is -0.946. The monoisotopic (exact) mass is 374 g/mol. The van der Waals surface area contributed by atoms with E-state index in [1.165, 1.54) is 45.8 Å². The summed E-state index contributed by atoms with van der Waals surface area (Å²) in [5.74, 6) is 1.63. The van der Waals surface area contributed by atoms with Crippen LogP contribution in [0.4, 0.5) is 0 Å². The van der Waals surface area contributed by atoms with Crippen LogP contribution < -0.4 is 4.90 Å². The number of hydrogen-bond donors (Lipinski definition) is 1. The van der Waals surface area contributed by atoms with Gasteiger partial charge >= 0.3 is 5.97 Å². The first-order chi connectivity index (χ1) is 13.0. The van der Waals surface area contributed by atoms with Crippen molar-refractivity contribution < 1.29 is 19.2 Å². The van der Waals surface area contributed by atoms with Crippen molar-refractivity contribution in [2.75, 3.05) is 20.2 Å². The zero-order valence-electron chi connectivity index (χ0n) is 16.9. The van der Waals surface area contributed by atoms with Crippen LogP contribution in [0.3, 0.4) is 0 Å². The second-order valence-electron chi connectivity index (χ2n) is 9.94. The number of carbonyl (C=O) groups excluding carboxylic acids is 1. The van der Waals surface area contributed by atoms with Crippen LogP contribution in [0.25, 0.3) is 5.32 Å². The zero-order valence-corrected chi connectivity index (χ0v) is 16.9. The number of fused-ring (bicyclic) bond motifs is 6. The third-order valence-electron chi connectivity index (χ3n) is 8.89. The highest BCUT2D eigenvalue weighted by Gasteiger charge is 2.58. The molecule has 150 valence electrons. The molecule has 0 radical (unpaired) electrons. The van der Waals surface area contributed by atoms with Crippen LogP contribution in [0.1, 0.15) is 52.4 Å². The first kappa shape index (κ1) is 18.0. The van der Waals surface area contributed by atoms with Gasteiger partial charge in [-0.3, -0.25) is 0 Å². The van der Waals surface area contributed by atoms with Crippen LogP contribution in [0.15, 0.2) is 11.8 Å². The Bertz CT molecular complexity index is 649. The van der Waals surface area contributed by atoms with E-state index in [9.17, 15) is 4.79 Å². The molecule has 3 saturated heterocycles. The summed E-state index contributed by atoms with van der Waals surface area (Å²) in [6.07, 6.45) is 9.64. The van der Waals surface area contributed by atoms with E-state index in [4.69, 9.17) is 14.8 Å².